The Hall–Kier alpha value is -2.52. The number of nitrogens with zero attached hydrogens (tertiary/aromatic N) is 1. The van der Waals surface area contributed by atoms with Gasteiger partial charge >= 0.3 is 12.3 Å². The summed E-state index contributed by atoms with van der Waals surface area (Å²) in [6, 6.07) is 1.58. The molecule has 2 saturated heterocycles. The number of halogens is 4. The summed E-state index contributed by atoms with van der Waals surface area (Å²) in [5.74, 6) is -1.42. The van der Waals surface area contributed by atoms with Crippen LogP contribution in [0.5, 0.6) is 5.75 Å². The highest BCUT2D eigenvalue weighted by Crippen LogP contribution is 2.42. The van der Waals surface area contributed by atoms with E-state index in [2.05, 4.69) is 5.32 Å². The molecule has 1 spiro atoms. The number of alkyl halides is 3. The van der Waals surface area contributed by atoms with Crippen LogP contribution < -0.4 is 10.1 Å². The molecule has 164 valence electrons. The van der Waals surface area contributed by atoms with Gasteiger partial charge in [0.15, 0.2) is 11.6 Å². The second kappa shape index (κ2) is 7.31. The lowest BCUT2D eigenvalue weighted by atomic mass is 9.68. The molecule has 0 bridgehead atoms. The van der Waals surface area contributed by atoms with E-state index in [4.69, 9.17) is 9.47 Å². The summed E-state index contributed by atoms with van der Waals surface area (Å²) >= 11 is 0. The second-order valence-corrected chi connectivity index (χ2v) is 8.30. The lowest BCUT2D eigenvalue weighted by Crippen LogP contribution is -2.61. The van der Waals surface area contributed by atoms with Gasteiger partial charge in [-0.2, -0.15) is 13.2 Å². The highest BCUT2D eigenvalue weighted by molar-refractivity contribution is 5.82. The van der Waals surface area contributed by atoms with Crippen LogP contribution in [0.15, 0.2) is 12.1 Å². The van der Waals surface area contributed by atoms with Crippen molar-refractivity contribution in [2.24, 2.45) is 11.8 Å². The Kier molecular flexibility index (Phi) is 5.06. The highest BCUT2D eigenvalue weighted by Gasteiger charge is 2.54. The van der Waals surface area contributed by atoms with Crippen LogP contribution in [0.25, 0.3) is 0 Å². The smallest absolute Gasteiger partial charge is 0.416 e. The third kappa shape index (κ3) is 3.79. The number of hydrogen-bond donors (Lipinski definition) is 1. The van der Waals surface area contributed by atoms with Crippen molar-refractivity contribution in [1.29, 1.82) is 0 Å². The summed E-state index contributed by atoms with van der Waals surface area (Å²) in [7, 11) is 0. The fraction of sp³-hybridized carbons (Fsp3) is 0.600. The van der Waals surface area contributed by atoms with E-state index in [1.54, 1.807) is 11.8 Å². The normalized spacial score (nSPS) is 26.1. The molecule has 0 aromatic heterocycles. The molecule has 0 atom stereocenters. The number of benzene rings is 1. The van der Waals surface area contributed by atoms with E-state index in [1.165, 1.54) is 0 Å². The zero-order valence-corrected chi connectivity index (χ0v) is 16.4. The summed E-state index contributed by atoms with van der Waals surface area (Å²) < 4.78 is 63.4. The van der Waals surface area contributed by atoms with Gasteiger partial charge in [-0.05, 0) is 37.0 Å². The summed E-state index contributed by atoms with van der Waals surface area (Å²) in [5, 5.41) is 2.74. The third-order valence-electron chi connectivity index (χ3n) is 6.06. The number of amides is 2. The molecule has 0 unspecified atom stereocenters. The number of likely N-dealkylation sites (tertiary alicyclic amines) is 1. The Balaban J connectivity index is 1.26. The Bertz CT molecular complexity index is 861. The van der Waals surface area contributed by atoms with Crippen molar-refractivity contribution in [3.8, 4) is 5.75 Å². The average Bonchev–Trinajstić information content (AvgIpc) is 3.01. The number of alkyl carbamates (subject to hydrolysis) is 1. The minimum Gasteiger partial charge on any atom is -0.490 e. The number of cyclic esters (lactones) is 1. The van der Waals surface area contributed by atoms with Gasteiger partial charge in [0.1, 0.15) is 6.61 Å². The number of ether oxygens (including phenoxy) is 2. The molecule has 10 heteroatoms. The SMILES string of the molecule is CCc1cc(OCC2CN(C(=O)[C@H]3C[C@@]4(COC(=O)N4)C3)C2)c(F)cc1C(F)(F)F. The summed E-state index contributed by atoms with van der Waals surface area (Å²) in [6.45, 7) is 2.87. The lowest BCUT2D eigenvalue weighted by molar-refractivity contribution is -0.148. The lowest BCUT2D eigenvalue weighted by Gasteiger charge is -2.47. The van der Waals surface area contributed by atoms with Crippen LogP contribution >= 0.6 is 0 Å². The van der Waals surface area contributed by atoms with Gasteiger partial charge in [0.25, 0.3) is 0 Å². The summed E-state index contributed by atoms with van der Waals surface area (Å²) in [4.78, 5) is 25.3. The Morgan fingerprint density at radius 2 is 2.03 bits per heavy atom. The van der Waals surface area contributed by atoms with Crippen molar-refractivity contribution in [2.45, 2.75) is 37.9 Å². The molecule has 1 saturated carbocycles. The fourth-order valence-corrected chi connectivity index (χ4v) is 4.35. The molecular weight excluding hydrogens is 408 g/mol. The van der Waals surface area contributed by atoms with Gasteiger partial charge in [-0.15, -0.1) is 0 Å². The quantitative estimate of drug-likeness (QED) is 0.729. The molecule has 30 heavy (non-hydrogen) atoms. The molecule has 6 nitrogen and oxygen atoms in total. The Morgan fingerprint density at radius 1 is 1.33 bits per heavy atom. The second-order valence-electron chi connectivity index (χ2n) is 8.30. The van der Waals surface area contributed by atoms with E-state index >= 15 is 0 Å². The van der Waals surface area contributed by atoms with Crippen LogP contribution in [0.2, 0.25) is 0 Å². The topological polar surface area (TPSA) is 67.9 Å². The number of aryl methyl sites for hydroxylation is 1. The van der Waals surface area contributed by atoms with E-state index in [0.717, 1.165) is 6.07 Å². The van der Waals surface area contributed by atoms with Gasteiger partial charge in [-0.1, -0.05) is 6.92 Å². The van der Waals surface area contributed by atoms with Crippen LogP contribution in [0.1, 0.15) is 30.9 Å². The van der Waals surface area contributed by atoms with Gasteiger partial charge in [0.2, 0.25) is 5.91 Å². The number of rotatable bonds is 5. The third-order valence-corrected chi connectivity index (χ3v) is 6.06. The van der Waals surface area contributed by atoms with Gasteiger partial charge in [0.05, 0.1) is 17.7 Å². The van der Waals surface area contributed by atoms with Gasteiger partial charge in [-0.3, -0.25) is 4.79 Å². The van der Waals surface area contributed by atoms with E-state index in [-0.39, 0.29) is 48.7 Å². The van der Waals surface area contributed by atoms with Crippen molar-refractivity contribution < 1.29 is 36.6 Å². The fourth-order valence-electron chi connectivity index (χ4n) is 4.35. The maximum absolute atomic E-state index is 14.1. The zero-order chi connectivity index (χ0) is 21.7. The average molecular weight is 430 g/mol. The monoisotopic (exact) mass is 430 g/mol. The van der Waals surface area contributed by atoms with E-state index in [9.17, 15) is 27.2 Å². The van der Waals surface area contributed by atoms with Crippen LogP contribution in [0, 0.1) is 17.7 Å². The molecule has 1 N–H and O–H groups in total. The van der Waals surface area contributed by atoms with Crippen molar-refractivity contribution in [3.05, 3.63) is 29.1 Å². The molecule has 3 aliphatic rings. The molecule has 2 amide bonds. The number of hydrogen-bond acceptors (Lipinski definition) is 4. The van der Waals surface area contributed by atoms with E-state index in [0.29, 0.717) is 32.0 Å². The maximum atomic E-state index is 14.1. The van der Waals surface area contributed by atoms with E-state index < -0.39 is 29.2 Å². The van der Waals surface area contributed by atoms with E-state index in [1.807, 2.05) is 0 Å². The molecule has 1 aromatic carbocycles. The molecule has 4 rings (SSSR count). The van der Waals surface area contributed by atoms with Crippen molar-refractivity contribution in [1.82, 2.24) is 10.2 Å². The maximum Gasteiger partial charge on any atom is 0.416 e. The first-order chi connectivity index (χ1) is 14.1. The first-order valence-corrected chi connectivity index (χ1v) is 9.86. The van der Waals surface area contributed by atoms with Crippen LogP contribution in [-0.4, -0.2) is 48.7 Å². The predicted octanol–water partition coefficient (Wildman–Crippen LogP) is 3.13. The van der Waals surface area contributed by atoms with Gasteiger partial charge in [-0.25, -0.2) is 9.18 Å². The van der Waals surface area contributed by atoms with Crippen molar-refractivity contribution >= 4 is 12.0 Å². The molecule has 0 radical (unpaired) electrons. The van der Waals surface area contributed by atoms with Crippen molar-refractivity contribution in [3.63, 3.8) is 0 Å². The van der Waals surface area contributed by atoms with Crippen LogP contribution in [0.3, 0.4) is 0 Å². The number of carbonyl (C=O) groups is 2. The summed E-state index contributed by atoms with van der Waals surface area (Å²) in [5.41, 5.74) is -1.43. The predicted molar refractivity (Wildman–Crippen MR) is 96.3 cm³/mol. The molecule has 1 aliphatic carbocycles. The summed E-state index contributed by atoms with van der Waals surface area (Å²) in [6.07, 6.45) is -3.88. The highest BCUT2D eigenvalue weighted by atomic mass is 19.4. The molecular formula is C20H22F4N2O4. The van der Waals surface area contributed by atoms with Crippen LogP contribution in [-0.2, 0) is 22.1 Å². The minimum absolute atomic E-state index is 0.00649. The van der Waals surface area contributed by atoms with Crippen LogP contribution in [0.4, 0.5) is 22.4 Å². The first kappa shape index (κ1) is 20.7. The molecule has 1 aromatic rings. The zero-order valence-electron chi connectivity index (χ0n) is 16.4. The van der Waals surface area contributed by atoms with Crippen molar-refractivity contribution in [2.75, 3.05) is 26.3 Å². The van der Waals surface area contributed by atoms with Gasteiger partial charge < -0.3 is 19.7 Å². The minimum atomic E-state index is -4.62. The Labute approximate surface area is 170 Å². The molecule has 2 heterocycles. The first-order valence-electron chi connectivity index (χ1n) is 9.86. The van der Waals surface area contributed by atoms with Gasteiger partial charge in [0, 0.05) is 24.9 Å². The Morgan fingerprint density at radius 3 is 2.60 bits per heavy atom. The standard InChI is InChI=1S/C20H22F4N2O4/c1-2-12-3-16(15(21)4-14(12)20(22,23)24)29-9-11-7-26(8-11)17(27)13-5-19(6-13)10-30-18(28)25-19/h3-4,11,13H,2,5-10H2,1H3,(H,25,28)/t13-,19-. The largest absolute Gasteiger partial charge is 0.490 e. The number of nitrogens with one attached hydrogen (secondary N) is 1. The molecule has 3 fully saturated rings. The molecule has 2 aliphatic heterocycles. The number of carbonyl (C=O) groups excluding carboxylic acids is 2.